The Kier molecular flexibility index (Phi) is 4.04. The highest BCUT2D eigenvalue weighted by atomic mass is 16.6. The average Bonchev–Trinajstić information content (AvgIpc) is 2.66. The van der Waals surface area contributed by atoms with Crippen LogP contribution in [0, 0.1) is 0 Å². The molecule has 0 atom stereocenters. The number of nitrogens with zero attached hydrogens (tertiary/aromatic N) is 1. The lowest BCUT2D eigenvalue weighted by Crippen LogP contribution is -2.29. The van der Waals surface area contributed by atoms with E-state index in [2.05, 4.69) is 0 Å². The highest BCUT2D eigenvalue weighted by Gasteiger charge is 2.19. The second-order valence-electron chi connectivity index (χ2n) is 3.35. The summed E-state index contributed by atoms with van der Waals surface area (Å²) in [5.74, 6) is 0.656. The molecule has 17 heavy (non-hydrogen) atoms. The van der Waals surface area contributed by atoms with Crippen LogP contribution in [0.4, 0.5) is 0 Å². The van der Waals surface area contributed by atoms with Crippen molar-refractivity contribution in [3.8, 4) is 5.75 Å². The third-order valence-corrected chi connectivity index (χ3v) is 2.48. The fourth-order valence-electron chi connectivity index (χ4n) is 1.69. The third-order valence-electron chi connectivity index (χ3n) is 2.48. The van der Waals surface area contributed by atoms with E-state index in [1.54, 1.807) is 25.3 Å². The summed E-state index contributed by atoms with van der Waals surface area (Å²) in [6, 6.07) is 5.31. The van der Waals surface area contributed by atoms with Crippen LogP contribution in [0.1, 0.15) is 7.43 Å². The van der Waals surface area contributed by atoms with Gasteiger partial charge in [-0.3, -0.25) is 0 Å². The maximum atomic E-state index is 9.24. The fourth-order valence-corrected chi connectivity index (χ4v) is 1.69. The van der Waals surface area contributed by atoms with Crippen molar-refractivity contribution >= 4 is 23.5 Å². The summed E-state index contributed by atoms with van der Waals surface area (Å²) in [6.45, 7) is 0. The zero-order valence-corrected chi connectivity index (χ0v) is 9.04. The van der Waals surface area contributed by atoms with Crippen LogP contribution >= 0.6 is 0 Å². The lowest BCUT2D eigenvalue weighted by Gasteiger charge is -2.03. The second kappa shape index (κ2) is 5.12. The Bertz CT molecular complexity index is 509. The Balaban J connectivity index is 0.00000144. The van der Waals surface area contributed by atoms with Crippen LogP contribution in [-0.4, -0.2) is 36.1 Å². The molecule has 1 heterocycles. The molecule has 0 aliphatic carbocycles. The molecule has 0 amide bonds. The first kappa shape index (κ1) is 13.4. The van der Waals surface area contributed by atoms with Crippen LogP contribution in [0.3, 0.4) is 0 Å². The standard InChI is InChI=1S/C10H12BNO4.CH4/c1-15-7-3-4-10-8(5-7)9(11(13)14)6-12(10)16-2;/h3-6,13-14H,1-2H3;1H4. The molecule has 0 spiro atoms. The number of hydrogen-bond donors (Lipinski definition) is 2. The molecule has 0 saturated heterocycles. The lowest BCUT2D eigenvalue weighted by molar-refractivity contribution is 0.179. The van der Waals surface area contributed by atoms with E-state index in [9.17, 15) is 10.0 Å². The van der Waals surface area contributed by atoms with Gasteiger partial charge in [-0.25, -0.2) is 0 Å². The lowest BCUT2D eigenvalue weighted by atomic mass is 9.80. The number of methoxy groups -OCH3 is 1. The fraction of sp³-hybridized carbons (Fsp3) is 0.273. The number of fused-ring (bicyclic) bond motifs is 1. The summed E-state index contributed by atoms with van der Waals surface area (Å²) in [6.07, 6.45) is 1.54. The van der Waals surface area contributed by atoms with E-state index < -0.39 is 7.12 Å². The van der Waals surface area contributed by atoms with Gasteiger partial charge in [-0.2, -0.15) is 4.73 Å². The van der Waals surface area contributed by atoms with Crippen molar-refractivity contribution in [3.05, 3.63) is 24.4 Å². The minimum absolute atomic E-state index is 0. The highest BCUT2D eigenvalue weighted by molar-refractivity contribution is 6.62. The number of rotatable bonds is 3. The van der Waals surface area contributed by atoms with Crippen molar-refractivity contribution in [1.29, 1.82) is 0 Å². The molecule has 1 aromatic carbocycles. The van der Waals surface area contributed by atoms with Gasteiger partial charge in [0, 0.05) is 17.0 Å². The van der Waals surface area contributed by atoms with Crippen molar-refractivity contribution in [2.75, 3.05) is 14.2 Å². The van der Waals surface area contributed by atoms with E-state index in [0.29, 0.717) is 16.6 Å². The van der Waals surface area contributed by atoms with E-state index >= 15 is 0 Å². The minimum Gasteiger partial charge on any atom is -0.497 e. The van der Waals surface area contributed by atoms with Gasteiger partial charge in [-0.15, -0.1) is 0 Å². The Morgan fingerprint density at radius 1 is 1.24 bits per heavy atom. The molecule has 0 aliphatic heterocycles. The smallest absolute Gasteiger partial charge is 0.490 e. The van der Waals surface area contributed by atoms with Gasteiger partial charge in [0.05, 0.1) is 12.6 Å². The van der Waals surface area contributed by atoms with E-state index in [1.165, 1.54) is 18.0 Å². The predicted molar refractivity (Wildman–Crippen MR) is 67.6 cm³/mol. The van der Waals surface area contributed by atoms with Gasteiger partial charge < -0.3 is 19.6 Å². The van der Waals surface area contributed by atoms with E-state index in [4.69, 9.17) is 9.57 Å². The van der Waals surface area contributed by atoms with Gasteiger partial charge in [-0.05, 0) is 18.2 Å². The highest BCUT2D eigenvalue weighted by Crippen LogP contribution is 2.20. The Morgan fingerprint density at radius 2 is 1.94 bits per heavy atom. The molecular weight excluding hydrogens is 221 g/mol. The van der Waals surface area contributed by atoms with Crippen molar-refractivity contribution in [3.63, 3.8) is 0 Å². The van der Waals surface area contributed by atoms with Crippen LogP contribution in [0.5, 0.6) is 5.75 Å². The zero-order valence-electron chi connectivity index (χ0n) is 9.04. The molecule has 92 valence electrons. The zero-order chi connectivity index (χ0) is 11.7. The topological polar surface area (TPSA) is 63.8 Å². The molecule has 0 fully saturated rings. The minimum atomic E-state index is -1.54. The van der Waals surface area contributed by atoms with Crippen molar-refractivity contribution in [2.45, 2.75) is 7.43 Å². The van der Waals surface area contributed by atoms with Crippen molar-refractivity contribution in [2.24, 2.45) is 0 Å². The predicted octanol–water partition coefficient (Wildman–Crippen LogP) is 0.0242. The van der Waals surface area contributed by atoms with E-state index in [0.717, 1.165) is 5.52 Å². The van der Waals surface area contributed by atoms with Crippen LogP contribution in [0.2, 0.25) is 0 Å². The molecule has 0 bridgehead atoms. The molecule has 2 aromatic rings. The summed E-state index contributed by atoms with van der Waals surface area (Å²) in [4.78, 5) is 5.09. The van der Waals surface area contributed by atoms with E-state index in [-0.39, 0.29) is 7.43 Å². The van der Waals surface area contributed by atoms with E-state index in [1.807, 2.05) is 0 Å². The van der Waals surface area contributed by atoms with Gasteiger partial charge in [0.15, 0.2) is 0 Å². The molecule has 0 unspecified atom stereocenters. The first-order valence-electron chi connectivity index (χ1n) is 4.77. The quantitative estimate of drug-likeness (QED) is 0.739. The normalized spacial score (nSPS) is 9.88. The summed E-state index contributed by atoms with van der Waals surface area (Å²) >= 11 is 0. The molecule has 0 aliphatic rings. The van der Waals surface area contributed by atoms with Crippen molar-refractivity contribution in [1.82, 2.24) is 4.73 Å². The molecule has 0 radical (unpaired) electrons. The number of benzene rings is 1. The Labute approximate surface area is 100 Å². The first-order chi connectivity index (χ1) is 7.67. The van der Waals surface area contributed by atoms with Crippen LogP contribution in [0.15, 0.2) is 24.4 Å². The van der Waals surface area contributed by atoms with Gasteiger partial charge in [0.2, 0.25) is 0 Å². The monoisotopic (exact) mass is 237 g/mol. The molecule has 0 saturated carbocycles. The average molecular weight is 237 g/mol. The number of hydrogen-bond acceptors (Lipinski definition) is 4. The van der Waals surface area contributed by atoms with Crippen LogP contribution in [-0.2, 0) is 0 Å². The number of ether oxygens (including phenoxy) is 1. The molecule has 6 heteroatoms. The summed E-state index contributed by atoms with van der Waals surface area (Å²) in [5, 5.41) is 19.2. The van der Waals surface area contributed by atoms with Gasteiger partial charge in [0.1, 0.15) is 12.9 Å². The Hall–Kier alpha value is -1.66. The SMILES string of the molecule is C.COc1ccc2c(c1)c(B(O)O)cn2OC. The molecule has 2 N–H and O–H groups in total. The molecule has 2 rings (SSSR count). The maximum absolute atomic E-state index is 9.24. The molecule has 5 nitrogen and oxygen atoms in total. The first-order valence-corrected chi connectivity index (χ1v) is 4.77. The molecule has 1 aromatic heterocycles. The van der Waals surface area contributed by atoms with Crippen LogP contribution < -0.4 is 15.0 Å². The van der Waals surface area contributed by atoms with Gasteiger partial charge in [-0.1, -0.05) is 7.43 Å². The van der Waals surface area contributed by atoms with Crippen LogP contribution in [0.25, 0.3) is 10.9 Å². The summed E-state index contributed by atoms with van der Waals surface area (Å²) in [5.41, 5.74) is 1.14. The maximum Gasteiger partial charge on any atom is 0.490 e. The third kappa shape index (κ3) is 2.23. The van der Waals surface area contributed by atoms with Gasteiger partial charge in [0.25, 0.3) is 0 Å². The number of aromatic nitrogens is 1. The van der Waals surface area contributed by atoms with Gasteiger partial charge >= 0.3 is 7.12 Å². The molecular formula is C11H16BNO4. The largest absolute Gasteiger partial charge is 0.497 e. The summed E-state index contributed by atoms with van der Waals surface area (Å²) < 4.78 is 6.56. The van der Waals surface area contributed by atoms with Crippen molar-refractivity contribution < 1.29 is 19.6 Å². The second-order valence-corrected chi connectivity index (χ2v) is 3.35. The Morgan fingerprint density at radius 3 is 2.47 bits per heavy atom. The summed E-state index contributed by atoms with van der Waals surface area (Å²) in [7, 11) is 1.53.